The number of nitrogens with zero attached hydrogens (tertiary/aromatic N) is 1. The van der Waals surface area contributed by atoms with Gasteiger partial charge < -0.3 is 9.64 Å². The van der Waals surface area contributed by atoms with Crippen LogP contribution in [0, 0.1) is 0 Å². The molecule has 1 fully saturated rings. The summed E-state index contributed by atoms with van der Waals surface area (Å²) in [6.07, 6.45) is -2.26. The molecule has 0 aromatic carbocycles. The normalized spacial score (nSPS) is 23.2. The minimum atomic E-state index is -2.91. The number of rotatable bonds is 2. The van der Waals surface area contributed by atoms with E-state index in [4.69, 9.17) is 4.74 Å². The van der Waals surface area contributed by atoms with E-state index < -0.39 is 12.3 Å². The third kappa shape index (κ3) is 1.91. The van der Waals surface area contributed by atoms with E-state index in [0.29, 0.717) is 19.6 Å². The standard InChI is InChI=1S/C7H11F2NO2/c1-10(7(11)6(8)9)5-2-3-12-4-5/h5-6H,2-4H2,1H3. The summed E-state index contributed by atoms with van der Waals surface area (Å²) in [7, 11) is 1.38. The van der Waals surface area contributed by atoms with Crippen molar-refractivity contribution in [1.82, 2.24) is 4.90 Å². The first-order valence-corrected chi connectivity index (χ1v) is 3.75. The van der Waals surface area contributed by atoms with Crippen LogP contribution in [0.2, 0.25) is 0 Å². The summed E-state index contributed by atoms with van der Waals surface area (Å²) in [6.45, 7) is 0.917. The van der Waals surface area contributed by atoms with Crippen LogP contribution in [0.25, 0.3) is 0 Å². The van der Waals surface area contributed by atoms with Crippen molar-refractivity contribution in [3.63, 3.8) is 0 Å². The molecule has 0 N–H and O–H groups in total. The average Bonchev–Trinajstić information content (AvgIpc) is 2.53. The molecule has 0 aliphatic carbocycles. The fraction of sp³-hybridized carbons (Fsp3) is 0.857. The molecule has 0 radical (unpaired) electrons. The molecule has 1 aliphatic heterocycles. The SMILES string of the molecule is CN(C(=O)C(F)F)C1CCOC1. The van der Waals surface area contributed by atoms with Gasteiger partial charge in [-0.1, -0.05) is 0 Å². The zero-order chi connectivity index (χ0) is 9.14. The van der Waals surface area contributed by atoms with Gasteiger partial charge in [-0.15, -0.1) is 0 Å². The van der Waals surface area contributed by atoms with E-state index in [9.17, 15) is 13.6 Å². The molecule has 1 atom stereocenters. The number of halogens is 2. The average molecular weight is 179 g/mol. The maximum atomic E-state index is 11.9. The zero-order valence-corrected chi connectivity index (χ0v) is 6.80. The summed E-state index contributed by atoms with van der Waals surface area (Å²) in [5.74, 6) is -1.12. The summed E-state index contributed by atoms with van der Waals surface area (Å²) < 4.78 is 28.8. The fourth-order valence-corrected chi connectivity index (χ4v) is 1.16. The molecular formula is C7H11F2NO2. The third-order valence-electron chi connectivity index (χ3n) is 1.99. The van der Waals surface area contributed by atoms with Crippen LogP contribution in [0.4, 0.5) is 8.78 Å². The van der Waals surface area contributed by atoms with Crippen molar-refractivity contribution >= 4 is 5.91 Å². The molecule has 0 saturated carbocycles. The van der Waals surface area contributed by atoms with E-state index in [1.165, 1.54) is 7.05 Å². The molecule has 1 aliphatic rings. The first-order chi connectivity index (χ1) is 5.63. The van der Waals surface area contributed by atoms with Gasteiger partial charge >= 0.3 is 6.43 Å². The smallest absolute Gasteiger partial charge is 0.315 e. The van der Waals surface area contributed by atoms with Gasteiger partial charge in [0, 0.05) is 13.7 Å². The monoisotopic (exact) mass is 179 g/mol. The molecule has 5 heteroatoms. The lowest BCUT2D eigenvalue weighted by atomic mass is 10.2. The van der Waals surface area contributed by atoms with Crippen LogP contribution in [0.15, 0.2) is 0 Å². The quantitative estimate of drug-likeness (QED) is 0.617. The Kier molecular flexibility index (Phi) is 2.97. The van der Waals surface area contributed by atoms with Crippen LogP contribution in [0.5, 0.6) is 0 Å². The van der Waals surface area contributed by atoms with Crippen molar-refractivity contribution in [1.29, 1.82) is 0 Å². The van der Waals surface area contributed by atoms with Gasteiger partial charge in [-0.05, 0) is 6.42 Å². The summed E-state index contributed by atoms with van der Waals surface area (Å²) in [4.78, 5) is 11.8. The Morgan fingerprint density at radius 3 is 2.75 bits per heavy atom. The van der Waals surface area contributed by atoms with Gasteiger partial charge in [-0.3, -0.25) is 4.79 Å². The Hall–Kier alpha value is -0.710. The minimum Gasteiger partial charge on any atom is -0.379 e. The molecule has 1 unspecified atom stereocenters. The van der Waals surface area contributed by atoms with Crippen LogP contribution in [0.3, 0.4) is 0 Å². The topological polar surface area (TPSA) is 29.5 Å². The van der Waals surface area contributed by atoms with Crippen molar-refractivity contribution in [3.8, 4) is 0 Å². The van der Waals surface area contributed by atoms with Crippen molar-refractivity contribution in [2.75, 3.05) is 20.3 Å². The lowest BCUT2D eigenvalue weighted by Gasteiger charge is -2.22. The highest BCUT2D eigenvalue weighted by atomic mass is 19.3. The first kappa shape index (κ1) is 9.38. The van der Waals surface area contributed by atoms with Gasteiger partial charge in [0.25, 0.3) is 5.91 Å². The summed E-state index contributed by atoms with van der Waals surface area (Å²) in [5, 5.41) is 0. The van der Waals surface area contributed by atoms with Crippen LogP contribution < -0.4 is 0 Å². The predicted octanol–water partition coefficient (Wildman–Crippen LogP) is 0.499. The molecule has 1 amide bonds. The van der Waals surface area contributed by atoms with E-state index >= 15 is 0 Å². The number of hydrogen-bond donors (Lipinski definition) is 0. The molecule has 0 spiro atoms. The van der Waals surface area contributed by atoms with E-state index in [1.54, 1.807) is 0 Å². The Bertz CT molecular complexity index is 169. The Morgan fingerprint density at radius 2 is 2.33 bits per heavy atom. The number of likely N-dealkylation sites (N-methyl/N-ethyl adjacent to an activating group) is 1. The highest BCUT2D eigenvalue weighted by Gasteiger charge is 2.28. The van der Waals surface area contributed by atoms with Crippen LogP contribution in [0.1, 0.15) is 6.42 Å². The molecule has 1 saturated heterocycles. The van der Waals surface area contributed by atoms with Gasteiger partial charge in [0.05, 0.1) is 12.6 Å². The molecular weight excluding hydrogens is 168 g/mol. The van der Waals surface area contributed by atoms with E-state index in [1.807, 2.05) is 0 Å². The largest absolute Gasteiger partial charge is 0.379 e. The molecule has 0 bridgehead atoms. The fourth-order valence-electron chi connectivity index (χ4n) is 1.16. The van der Waals surface area contributed by atoms with E-state index in [0.717, 1.165) is 4.90 Å². The van der Waals surface area contributed by atoms with Crippen molar-refractivity contribution < 1.29 is 18.3 Å². The summed E-state index contributed by atoms with van der Waals surface area (Å²) in [5.41, 5.74) is 0. The molecule has 12 heavy (non-hydrogen) atoms. The maximum absolute atomic E-state index is 11.9. The first-order valence-electron chi connectivity index (χ1n) is 3.75. The summed E-state index contributed by atoms with van der Waals surface area (Å²) in [6, 6.07) is -0.175. The number of hydrogen-bond acceptors (Lipinski definition) is 2. The van der Waals surface area contributed by atoms with Gasteiger partial charge in [-0.25, -0.2) is 0 Å². The van der Waals surface area contributed by atoms with Crippen LogP contribution in [-0.4, -0.2) is 43.5 Å². The molecule has 70 valence electrons. The van der Waals surface area contributed by atoms with Crippen molar-refractivity contribution in [2.24, 2.45) is 0 Å². The number of carbonyl (C=O) groups excluding carboxylic acids is 1. The Morgan fingerprint density at radius 1 is 1.67 bits per heavy atom. The second kappa shape index (κ2) is 3.80. The Labute approximate surface area is 69.3 Å². The minimum absolute atomic E-state index is 0.175. The highest BCUT2D eigenvalue weighted by Crippen LogP contribution is 2.12. The molecule has 1 rings (SSSR count). The summed E-state index contributed by atoms with van der Waals surface area (Å²) >= 11 is 0. The van der Waals surface area contributed by atoms with Gasteiger partial charge in [0.1, 0.15) is 0 Å². The zero-order valence-electron chi connectivity index (χ0n) is 6.80. The molecule has 3 nitrogen and oxygen atoms in total. The van der Waals surface area contributed by atoms with Gasteiger partial charge in [0.2, 0.25) is 0 Å². The number of alkyl halides is 2. The number of amides is 1. The number of carbonyl (C=O) groups is 1. The van der Waals surface area contributed by atoms with Gasteiger partial charge in [0.15, 0.2) is 0 Å². The highest BCUT2D eigenvalue weighted by molar-refractivity contribution is 5.79. The molecule has 1 heterocycles. The number of ether oxygens (including phenoxy) is 1. The third-order valence-corrected chi connectivity index (χ3v) is 1.99. The lowest BCUT2D eigenvalue weighted by molar-refractivity contribution is -0.143. The lowest BCUT2D eigenvalue weighted by Crippen LogP contribution is -2.40. The van der Waals surface area contributed by atoms with Crippen LogP contribution in [-0.2, 0) is 9.53 Å². The van der Waals surface area contributed by atoms with E-state index in [-0.39, 0.29) is 6.04 Å². The molecule has 0 aromatic heterocycles. The molecule has 0 aromatic rings. The van der Waals surface area contributed by atoms with Crippen LogP contribution >= 0.6 is 0 Å². The predicted molar refractivity (Wildman–Crippen MR) is 38.0 cm³/mol. The van der Waals surface area contributed by atoms with Crippen molar-refractivity contribution in [2.45, 2.75) is 18.9 Å². The van der Waals surface area contributed by atoms with Gasteiger partial charge in [-0.2, -0.15) is 8.78 Å². The van der Waals surface area contributed by atoms with E-state index in [2.05, 4.69) is 0 Å². The second-order valence-electron chi connectivity index (χ2n) is 2.77. The maximum Gasteiger partial charge on any atom is 0.315 e. The second-order valence-corrected chi connectivity index (χ2v) is 2.77. The Balaban J connectivity index is 2.45. The van der Waals surface area contributed by atoms with Crippen molar-refractivity contribution in [3.05, 3.63) is 0 Å².